The molecule has 6 nitrogen and oxygen atoms in total. The molecule has 190 valence electrons. The Balaban J connectivity index is 1.47. The lowest BCUT2D eigenvalue weighted by Crippen LogP contribution is -2.38. The number of nitrogens with zero attached hydrogens (tertiary/aromatic N) is 2. The van der Waals surface area contributed by atoms with Crippen LogP contribution in [0.4, 0.5) is 10.5 Å². The minimum absolute atomic E-state index is 0.162. The molecule has 0 fully saturated rings. The van der Waals surface area contributed by atoms with Gasteiger partial charge in [0.05, 0.1) is 38.2 Å². The first kappa shape index (κ1) is 23.7. The number of fused-ring (bicyclic) bond motifs is 5. The number of hydrogen-bond acceptors (Lipinski definition) is 4. The first-order chi connectivity index (χ1) is 18.1. The number of methoxy groups -OCH3 is 2. The zero-order valence-electron chi connectivity index (χ0n) is 21.4. The summed E-state index contributed by atoms with van der Waals surface area (Å²) in [6.45, 7) is 2.63. The number of thiophene rings is 1. The molecule has 0 unspecified atom stereocenters. The predicted octanol–water partition coefficient (Wildman–Crippen LogP) is 6.88. The summed E-state index contributed by atoms with van der Waals surface area (Å²) in [6.07, 6.45) is 6.78. The molecule has 2 aromatic heterocycles. The molecule has 2 amide bonds. The van der Waals surface area contributed by atoms with Crippen LogP contribution in [0.15, 0.2) is 60.8 Å². The highest BCUT2D eigenvalue weighted by atomic mass is 32.1. The van der Waals surface area contributed by atoms with Gasteiger partial charge in [0, 0.05) is 22.7 Å². The summed E-state index contributed by atoms with van der Waals surface area (Å²) in [5, 5.41) is 4.40. The number of carbonyl (C=O) groups is 1. The highest BCUT2D eigenvalue weighted by Crippen LogP contribution is 2.44. The standard InChI is InChI=1S/C30H31N3O3S/c1-19-10-12-20(13-11-19)28-25-8-6-16-32(25)29-23(22-7-4-5-9-27(22)37-29)18-33(28)30(34)31-24-15-14-21(35-2)17-26(24)36-3/h6,8,10-17,28H,4-5,7,9,18H2,1-3H3,(H,31,34)/t28-/m1/s1. The van der Waals surface area contributed by atoms with Crippen LogP contribution in [0.1, 0.15) is 51.7 Å². The van der Waals surface area contributed by atoms with Gasteiger partial charge >= 0.3 is 6.03 Å². The average Bonchev–Trinajstić information content (AvgIpc) is 3.51. The van der Waals surface area contributed by atoms with Gasteiger partial charge < -0.3 is 24.3 Å². The third kappa shape index (κ3) is 4.17. The summed E-state index contributed by atoms with van der Waals surface area (Å²) < 4.78 is 13.2. The van der Waals surface area contributed by atoms with E-state index in [2.05, 4.69) is 59.4 Å². The van der Waals surface area contributed by atoms with Crippen LogP contribution in [0, 0.1) is 6.92 Å². The van der Waals surface area contributed by atoms with Crippen molar-refractivity contribution in [2.45, 2.75) is 45.2 Å². The van der Waals surface area contributed by atoms with E-state index in [0.29, 0.717) is 23.7 Å². The van der Waals surface area contributed by atoms with E-state index in [1.165, 1.54) is 39.4 Å². The Labute approximate surface area is 221 Å². The maximum absolute atomic E-state index is 14.1. The summed E-state index contributed by atoms with van der Waals surface area (Å²) in [7, 11) is 3.22. The number of nitrogens with one attached hydrogen (secondary N) is 1. The largest absolute Gasteiger partial charge is 0.497 e. The van der Waals surface area contributed by atoms with Crippen LogP contribution < -0.4 is 14.8 Å². The van der Waals surface area contributed by atoms with Crippen molar-refractivity contribution in [2.24, 2.45) is 0 Å². The molecule has 6 rings (SSSR count). The lowest BCUT2D eigenvalue weighted by molar-refractivity contribution is 0.194. The molecule has 0 saturated heterocycles. The van der Waals surface area contributed by atoms with Crippen molar-refractivity contribution < 1.29 is 14.3 Å². The summed E-state index contributed by atoms with van der Waals surface area (Å²) in [5.74, 6) is 1.24. The number of rotatable bonds is 4. The highest BCUT2D eigenvalue weighted by Gasteiger charge is 2.36. The predicted molar refractivity (Wildman–Crippen MR) is 147 cm³/mol. The Morgan fingerprint density at radius 3 is 2.59 bits per heavy atom. The van der Waals surface area contributed by atoms with Crippen LogP contribution in [0.2, 0.25) is 0 Å². The molecule has 1 aliphatic carbocycles. The molecule has 4 aromatic rings. The number of amides is 2. The summed E-state index contributed by atoms with van der Waals surface area (Å²) in [5.41, 5.74) is 6.71. The van der Waals surface area contributed by atoms with Crippen molar-refractivity contribution in [1.29, 1.82) is 0 Å². The highest BCUT2D eigenvalue weighted by molar-refractivity contribution is 7.15. The molecular formula is C30H31N3O3S. The number of aromatic nitrogens is 1. The molecular weight excluding hydrogens is 482 g/mol. The van der Waals surface area contributed by atoms with Gasteiger partial charge in [-0.3, -0.25) is 0 Å². The normalized spacial score (nSPS) is 16.3. The maximum Gasteiger partial charge on any atom is 0.323 e. The molecule has 37 heavy (non-hydrogen) atoms. The van der Waals surface area contributed by atoms with Crippen molar-refractivity contribution in [2.75, 3.05) is 19.5 Å². The number of carbonyl (C=O) groups excluding carboxylic acids is 1. The molecule has 7 heteroatoms. The Morgan fingerprint density at radius 2 is 1.81 bits per heavy atom. The van der Waals surface area contributed by atoms with Gasteiger partial charge in [-0.1, -0.05) is 29.8 Å². The second-order valence-corrected chi connectivity index (χ2v) is 10.8. The van der Waals surface area contributed by atoms with Gasteiger partial charge in [0.2, 0.25) is 0 Å². The Hall–Kier alpha value is -3.71. The van der Waals surface area contributed by atoms with E-state index in [1.807, 2.05) is 28.4 Å². The van der Waals surface area contributed by atoms with Gasteiger partial charge in [-0.2, -0.15) is 0 Å². The molecule has 3 heterocycles. The first-order valence-corrected chi connectivity index (χ1v) is 13.6. The van der Waals surface area contributed by atoms with Crippen molar-refractivity contribution >= 4 is 23.1 Å². The molecule has 0 spiro atoms. The van der Waals surface area contributed by atoms with Gasteiger partial charge in [-0.15, -0.1) is 11.3 Å². The van der Waals surface area contributed by atoms with Crippen molar-refractivity contribution in [3.05, 3.63) is 93.6 Å². The van der Waals surface area contributed by atoms with E-state index in [4.69, 9.17) is 9.47 Å². The van der Waals surface area contributed by atoms with Gasteiger partial charge in [-0.05, 0) is 68.0 Å². The topological polar surface area (TPSA) is 55.7 Å². The third-order valence-corrected chi connectivity index (χ3v) is 8.82. The number of benzene rings is 2. The van der Waals surface area contributed by atoms with E-state index >= 15 is 0 Å². The summed E-state index contributed by atoms with van der Waals surface area (Å²) in [4.78, 5) is 17.6. The fraction of sp³-hybridized carbons (Fsp3) is 0.300. The lowest BCUT2D eigenvalue weighted by atomic mass is 9.95. The van der Waals surface area contributed by atoms with Crippen molar-refractivity contribution in [1.82, 2.24) is 9.47 Å². The van der Waals surface area contributed by atoms with Crippen LogP contribution in [0.5, 0.6) is 11.5 Å². The van der Waals surface area contributed by atoms with E-state index in [1.54, 1.807) is 20.3 Å². The zero-order valence-corrected chi connectivity index (χ0v) is 22.2. The minimum atomic E-state index is -0.237. The number of anilines is 1. The SMILES string of the molecule is COc1ccc(NC(=O)N2Cc3c(sc4c3CCCC4)-n3cccc3[C@H]2c2ccc(C)cc2)c(OC)c1. The second kappa shape index (κ2) is 9.63. The van der Waals surface area contributed by atoms with E-state index in [9.17, 15) is 4.79 Å². The zero-order chi connectivity index (χ0) is 25.5. The molecule has 2 aromatic carbocycles. The fourth-order valence-corrected chi connectivity index (χ4v) is 6.98. The molecule has 0 radical (unpaired) electrons. The summed E-state index contributed by atoms with van der Waals surface area (Å²) >= 11 is 1.90. The van der Waals surface area contributed by atoms with E-state index in [-0.39, 0.29) is 12.1 Å². The second-order valence-electron chi connectivity index (χ2n) is 9.74. The average molecular weight is 514 g/mol. The Morgan fingerprint density at radius 1 is 1.00 bits per heavy atom. The summed E-state index contributed by atoms with van der Waals surface area (Å²) in [6, 6.07) is 17.8. The first-order valence-electron chi connectivity index (χ1n) is 12.7. The fourth-order valence-electron chi connectivity index (χ4n) is 5.57. The molecule has 0 saturated carbocycles. The number of hydrogen-bond donors (Lipinski definition) is 1. The number of urea groups is 1. The van der Waals surface area contributed by atoms with Crippen molar-refractivity contribution in [3.63, 3.8) is 0 Å². The molecule has 2 aliphatic rings. The molecule has 0 bridgehead atoms. The third-order valence-electron chi connectivity index (χ3n) is 7.48. The lowest BCUT2D eigenvalue weighted by Gasteiger charge is -2.31. The van der Waals surface area contributed by atoms with Crippen molar-refractivity contribution in [3.8, 4) is 16.5 Å². The Bertz CT molecular complexity index is 1450. The van der Waals surface area contributed by atoms with E-state index < -0.39 is 0 Å². The van der Waals surface area contributed by atoms with E-state index in [0.717, 1.165) is 24.1 Å². The Kier molecular flexibility index (Phi) is 6.16. The van der Waals surface area contributed by atoms with Gasteiger partial charge in [0.25, 0.3) is 0 Å². The van der Waals surface area contributed by atoms with Crippen LogP contribution in [0.3, 0.4) is 0 Å². The van der Waals surface area contributed by atoms with Crippen LogP contribution >= 0.6 is 11.3 Å². The molecule has 1 N–H and O–H groups in total. The number of ether oxygens (including phenoxy) is 2. The molecule has 1 atom stereocenters. The van der Waals surface area contributed by atoms with Crippen LogP contribution in [-0.4, -0.2) is 29.7 Å². The minimum Gasteiger partial charge on any atom is -0.497 e. The van der Waals surface area contributed by atoms with Crippen LogP contribution in [0.25, 0.3) is 5.00 Å². The monoisotopic (exact) mass is 513 g/mol. The maximum atomic E-state index is 14.1. The van der Waals surface area contributed by atoms with Crippen LogP contribution in [-0.2, 0) is 19.4 Å². The van der Waals surface area contributed by atoms with Gasteiger partial charge in [-0.25, -0.2) is 4.79 Å². The van der Waals surface area contributed by atoms with Gasteiger partial charge in [0.1, 0.15) is 16.5 Å². The van der Waals surface area contributed by atoms with Gasteiger partial charge in [0.15, 0.2) is 0 Å². The smallest absolute Gasteiger partial charge is 0.323 e. The number of aryl methyl sites for hydroxylation is 2. The molecule has 1 aliphatic heterocycles. The quantitative estimate of drug-likeness (QED) is 0.324.